The summed E-state index contributed by atoms with van der Waals surface area (Å²) in [7, 11) is 0. The van der Waals surface area contributed by atoms with Crippen LogP contribution in [-0.4, -0.2) is 50.0 Å². The summed E-state index contributed by atoms with van der Waals surface area (Å²) >= 11 is 0. The molecule has 1 saturated heterocycles. The zero-order valence-corrected chi connectivity index (χ0v) is 13.8. The molecule has 128 valence electrons. The molecule has 24 heavy (non-hydrogen) atoms. The molecule has 4 heterocycles. The second-order valence-corrected chi connectivity index (χ2v) is 6.68. The molecular weight excluding hydrogens is 306 g/mol. The van der Waals surface area contributed by atoms with Crippen molar-refractivity contribution in [1.29, 1.82) is 0 Å². The van der Waals surface area contributed by atoms with Crippen LogP contribution in [0.5, 0.6) is 0 Å². The third-order valence-electron chi connectivity index (χ3n) is 5.02. The lowest BCUT2D eigenvalue weighted by Crippen LogP contribution is -2.42. The van der Waals surface area contributed by atoms with Crippen LogP contribution in [0.25, 0.3) is 0 Å². The molecule has 7 nitrogen and oxygen atoms in total. The summed E-state index contributed by atoms with van der Waals surface area (Å²) in [6.07, 6.45) is 7.72. The summed E-state index contributed by atoms with van der Waals surface area (Å²) in [5.41, 5.74) is -0.0368. The van der Waals surface area contributed by atoms with Gasteiger partial charge in [0.25, 0.3) is 5.56 Å². The van der Waals surface area contributed by atoms with E-state index in [-0.39, 0.29) is 5.56 Å². The monoisotopic (exact) mass is 329 g/mol. The Morgan fingerprint density at radius 1 is 1.21 bits per heavy atom. The Morgan fingerprint density at radius 3 is 2.92 bits per heavy atom. The molecule has 1 fully saturated rings. The van der Waals surface area contributed by atoms with Gasteiger partial charge in [0, 0.05) is 62.9 Å². The van der Waals surface area contributed by atoms with E-state index in [9.17, 15) is 4.79 Å². The molecule has 0 spiro atoms. The minimum absolute atomic E-state index is 0.0368. The molecule has 0 aromatic carbocycles. The minimum atomic E-state index is -0.0368. The van der Waals surface area contributed by atoms with Gasteiger partial charge >= 0.3 is 0 Å². The molecule has 2 aliphatic rings. The zero-order valence-electron chi connectivity index (χ0n) is 13.8. The fourth-order valence-corrected chi connectivity index (χ4v) is 3.78. The van der Waals surface area contributed by atoms with Crippen molar-refractivity contribution in [1.82, 2.24) is 24.2 Å². The van der Waals surface area contributed by atoms with Gasteiger partial charge in [0.1, 0.15) is 5.82 Å². The Bertz CT molecular complexity index is 734. The molecule has 2 aliphatic heterocycles. The second kappa shape index (κ2) is 6.86. The van der Waals surface area contributed by atoms with Gasteiger partial charge in [-0.1, -0.05) is 0 Å². The van der Waals surface area contributed by atoms with Crippen LogP contribution in [0.2, 0.25) is 0 Å². The van der Waals surface area contributed by atoms with Crippen molar-refractivity contribution in [3.05, 3.63) is 46.9 Å². The van der Waals surface area contributed by atoms with Crippen LogP contribution in [0.4, 0.5) is 0 Å². The van der Waals surface area contributed by atoms with Crippen molar-refractivity contribution in [3.8, 4) is 0 Å². The summed E-state index contributed by atoms with van der Waals surface area (Å²) in [5.74, 6) is 1.44. The Balaban J connectivity index is 1.57. The molecule has 0 radical (unpaired) electrons. The van der Waals surface area contributed by atoms with Crippen molar-refractivity contribution in [2.45, 2.75) is 38.5 Å². The number of nitrogens with zero attached hydrogens (tertiary/aromatic N) is 5. The average molecular weight is 329 g/mol. The highest BCUT2D eigenvalue weighted by molar-refractivity contribution is 4.97. The van der Waals surface area contributed by atoms with Crippen molar-refractivity contribution >= 4 is 0 Å². The lowest BCUT2D eigenvalue weighted by Gasteiger charge is -2.34. The number of fused-ring (bicyclic) bond motifs is 1. The van der Waals surface area contributed by atoms with E-state index < -0.39 is 0 Å². The van der Waals surface area contributed by atoms with Gasteiger partial charge in [0.15, 0.2) is 0 Å². The topological polar surface area (TPSA) is 65.2 Å². The number of imidazole rings is 1. The molecule has 4 rings (SSSR count). The fraction of sp³-hybridized carbons (Fsp3) is 0.588. The van der Waals surface area contributed by atoms with Crippen LogP contribution in [0.15, 0.2) is 35.5 Å². The number of hydrogen-bond donors (Lipinski definition) is 0. The first-order valence-corrected chi connectivity index (χ1v) is 8.63. The van der Waals surface area contributed by atoms with Crippen LogP contribution >= 0.6 is 0 Å². The third kappa shape index (κ3) is 3.27. The molecule has 0 bridgehead atoms. The predicted molar refractivity (Wildman–Crippen MR) is 88.5 cm³/mol. The van der Waals surface area contributed by atoms with E-state index in [0.717, 1.165) is 51.5 Å². The summed E-state index contributed by atoms with van der Waals surface area (Å²) in [4.78, 5) is 19.1. The van der Waals surface area contributed by atoms with E-state index in [4.69, 9.17) is 4.74 Å². The highest BCUT2D eigenvalue weighted by atomic mass is 16.5. The first-order chi connectivity index (χ1) is 11.8. The minimum Gasteiger partial charge on any atom is -0.381 e. The molecule has 2 aromatic heterocycles. The van der Waals surface area contributed by atoms with Gasteiger partial charge in [-0.15, -0.1) is 0 Å². The summed E-state index contributed by atoms with van der Waals surface area (Å²) in [6, 6.07) is 3.79. The van der Waals surface area contributed by atoms with E-state index >= 15 is 0 Å². The number of ether oxygens (including phenoxy) is 1. The Kier molecular flexibility index (Phi) is 4.44. The smallest absolute Gasteiger partial charge is 0.266 e. The van der Waals surface area contributed by atoms with E-state index in [0.29, 0.717) is 18.5 Å². The van der Waals surface area contributed by atoms with Crippen LogP contribution < -0.4 is 5.56 Å². The first-order valence-electron chi connectivity index (χ1n) is 8.63. The number of rotatable bonds is 3. The highest BCUT2D eigenvalue weighted by Gasteiger charge is 2.29. The first kappa shape index (κ1) is 15.5. The maximum atomic E-state index is 12.0. The van der Waals surface area contributed by atoms with Gasteiger partial charge in [-0.05, 0) is 18.9 Å². The molecular formula is C17H23N5O2. The lowest BCUT2D eigenvalue weighted by atomic mass is 10.0. The van der Waals surface area contributed by atoms with Crippen LogP contribution in [0, 0.1) is 5.92 Å². The maximum Gasteiger partial charge on any atom is 0.266 e. The summed E-state index contributed by atoms with van der Waals surface area (Å²) < 4.78 is 9.31. The summed E-state index contributed by atoms with van der Waals surface area (Å²) in [6.45, 7) is 5.00. The van der Waals surface area contributed by atoms with Gasteiger partial charge in [0.05, 0.1) is 13.1 Å². The zero-order chi connectivity index (χ0) is 16.4. The second-order valence-electron chi connectivity index (χ2n) is 6.68. The third-order valence-corrected chi connectivity index (χ3v) is 5.02. The van der Waals surface area contributed by atoms with Crippen LogP contribution in [0.3, 0.4) is 0 Å². The maximum absolute atomic E-state index is 12.0. The van der Waals surface area contributed by atoms with E-state index in [1.807, 2.05) is 12.4 Å². The van der Waals surface area contributed by atoms with E-state index in [2.05, 4.69) is 19.5 Å². The standard InChI is InChI=1S/C17H23N5O2/c23-17-2-1-5-19-22(17)12-14-10-20-7-6-18-16(20)13-21(11-14)15-3-8-24-9-4-15/h1-2,5-7,14-15H,3-4,8-13H2. The van der Waals surface area contributed by atoms with E-state index in [1.54, 1.807) is 23.0 Å². The van der Waals surface area contributed by atoms with Gasteiger partial charge < -0.3 is 9.30 Å². The van der Waals surface area contributed by atoms with Gasteiger partial charge in [-0.3, -0.25) is 9.69 Å². The molecule has 1 unspecified atom stereocenters. The molecule has 0 N–H and O–H groups in total. The Labute approximate surface area is 140 Å². The highest BCUT2D eigenvalue weighted by Crippen LogP contribution is 2.23. The summed E-state index contributed by atoms with van der Waals surface area (Å²) in [5, 5.41) is 4.22. The van der Waals surface area contributed by atoms with Crippen molar-refractivity contribution in [2.24, 2.45) is 5.92 Å². The quantitative estimate of drug-likeness (QED) is 0.831. The molecule has 2 aromatic rings. The van der Waals surface area contributed by atoms with Crippen molar-refractivity contribution < 1.29 is 4.74 Å². The van der Waals surface area contributed by atoms with Gasteiger partial charge in [-0.25, -0.2) is 9.67 Å². The van der Waals surface area contributed by atoms with Crippen molar-refractivity contribution in [3.63, 3.8) is 0 Å². The number of aromatic nitrogens is 4. The molecule has 0 amide bonds. The average Bonchev–Trinajstić information content (AvgIpc) is 2.96. The largest absolute Gasteiger partial charge is 0.381 e. The Morgan fingerprint density at radius 2 is 2.08 bits per heavy atom. The molecule has 7 heteroatoms. The van der Waals surface area contributed by atoms with Crippen molar-refractivity contribution in [2.75, 3.05) is 19.8 Å². The normalized spacial score (nSPS) is 22.9. The van der Waals surface area contributed by atoms with Crippen LogP contribution in [0.1, 0.15) is 18.7 Å². The van der Waals surface area contributed by atoms with E-state index in [1.165, 1.54) is 0 Å². The Hall–Kier alpha value is -1.99. The lowest BCUT2D eigenvalue weighted by molar-refractivity contribution is 0.0248. The molecule has 0 saturated carbocycles. The molecule has 0 aliphatic carbocycles. The van der Waals surface area contributed by atoms with Gasteiger partial charge in [0.2, 0.25) is 0 Å². The SMILES string of the molecule is O=c1cccnn1CC1CN(C2CCOCC2)Cc2nccn2C1. The predicted octanol–water partition coefficient (Wildman–Crippen LogP) is 0.751. The fourth-order valence-electron chi connectivity index (χ4n) is 3.78. The number of hydrogen-bond acceptors (Lipinski definition) is 5. The van der Waals surface area contributed by atoms with Crippen LogP contribution in [-0.2, 0) is 24.4 Å². The molecule has 1 atom stereocenters. The van der Waals surface area contributed by atoms with Gasteiger partial charge in [-0.2, -0.15) is 5.10 Å².